The molecular weight excluding hydrogens is 226 g/mol. The van der Waals surface area contributed by atoms with E-state index in [1.165, 1.54) is 0 Å². The van der Waals surface area contributed by atoms with Crippen LogP contribution in [0.2, 0.25) is 0 Å². The van der Waals surface area contributed by atoms with Crippen molar-refractivity contribution in [2.45, 2.75) is 25.1 Å². The second kappa shape index (κ2) is 5.34. The summed E-state index contributed by atoms with van der Waals surface area (Å²) < 4.78 is 5.35. The van der Waals surface area contributed by atoms with Crippen molar-refractivity contribution in [2.75, 3.05) is 24.6 Å². The van der Waals surface area contributed by atoms with Crippen LogP contribution in [0, 0.1) is 0 Å². The van der Waals surface area contributed by atoms with E-state index < -0.39 is 0 Å². The molecule has 1 aromatic heterocycles. The van der Waals surface area contributed by atoms with Crippen LogP contribution in [0.4, 0.5) is 5.95 Å². The number of alkyl halides is 1. The molecule has 1 saturated heterocycles. The van der Waals surface area contributed by atoms with Gasteiger partial charge in [0.1, 0.15) is 0 Å². The number of aromatic nitrogens is 2. The first-order valence-electron chi connectivity index (χ1n) is 5.64. The molecule has 2 rings (SSSR count). The van der Waals surface area contributed by atoms with Crippen molar-refractivity contribution in [1.82, 2.24) is 9.97 Å². The highest BCUT2D eigenvalue weighted by atomic mass is 35.5. The van der Waals surface area contributed by atoms with Crippen LogP contribution >= 0.6 is 11.6 Å². The molecule has 0 amide bonds. The minimum atomic E-state index is 0.298. The van der Waals surface area contributed by atoms with Gasteiger partial charge in [0.25, 0.3) is 0 Å². The van der Waals surface area contributed by atoms with E-state index in [-0.39, 0.29) is 0 Å². The van der Waals surface area contributed by atoms with Gasteiger partial charge in [-0.1, -0.05) is 0 Å². The second-order valence-corrected chi connectivity index (χ2v) is 4.41. The first kappa shape index (κ1) is 11.5. The van der Waals surface area contributed by atoms with Crippen molar-refractivity contribution in [3.8, 4) is 5.88 Å². The van der Waals surface area contributed by atoms with Crippen molar-refractivity contribution in [3.05, 3.63) is 12.3 Å². The summed E-state index contributed by atoms with van der Waals surface area (Å²) in [7, 11) is 0. The van der Waals surface area contributed by atoms with Crippen LogP contribution < -0.4 is 9.64 Å². The quantitative estimate of drug-likeness (QED) is 0.760. The summed E-state index contributed by atoms with van der Waals surface area (Å²) in [5.74, 6) is 1.38. The van der Waals surface area contributed by atoms with E-state index in [1.54, 1.807) is 12.3 Å². The SMILES string of the molecule is CCOc1ccnc(N2CCC(Cl)CC2)n1. The Kier molecular flexibility index (Phi) is 3.83. The highest BCUT2D eigenvalue weighted by molar-refractivity contribution is 6.20. The Balaban J connectivity index is 2.05. The number of anilines is 1. The van der Waals surface area contributed by atoms with Gasteiger partial charge < -0.3 is 9.64 Å². The Labute approximate surface area is 101 Å². The number of hydrogen-bond donors (Lipinski definition) is 0. The first-order valence-corrected chi connectivity index (χ1v) is 6.08. The van der Waals surface area contributed by atoms with Crippen LogP contribution in [0.3, 0.4) is 0 Å². The smallest absolute Gasteiger partial charge is 0.228 e. The Bertz CT molecular complexity index is 340. The average molecular weight is 242 g/mol. The Morgan fingerprint density at radius 1 is 1.50 bits per heavy atom. The van der Waals surface area contributed by atoms with Crippen molar-refractivity contribution in [1.29, 1.82) is 0 Å². The van der Waals surface area contributed by atoms with Gasteiger partial charge >= 0.3 is 0 Å². The van der Waals surface area contributed by atoms with Crippen LogP contribution in [-0.2, 0) is 0 Å². The summed E-state index contributed by atoms with van der Waals surface area (Å²) in [6, 6.07) is 1.78. The van der Waals surface area contributed by atoms with Crippen LogP contribution in [0.25, 0.3) is 0 Å². The Morgan fingerprint density at radius 2 is 2.25 bits per heavy atom. The molecule has 0 atom stereocenters. The molecule has 0 bridgehead atoms. The summed E-state index contributed by atoms with van der Waals surface area (Å²) in [6.45, 7) is 4.41. The van der Waals surface area contributed by atoms with Gasteiger partial charge in [-0.05, 0) is 19.8 Å². The van der Waals surface area contributed by atoms with E-state index in [1.807, 2.05) is 6.92 Å². The Hall–Kier alpha value is -1.03. The van der Waals surface area contributed by atoms with E-state index in [0.29, 0.717) is 17.9 Å². The van der Waals surface area contributed by atoms with Gasteiger partial charge in [-0.2, -0.15) is 4.98 Å². The van der Waals surface area contributed by atoms with E-state index in [4.69, 9.17) is 16.3 Å². The van der Waals surface area contributed by atoms with Crippen molar-refractivity contribution in [3.63, 3.8) is 0 Å². The third-order valence-electron chi connectivity index (χ3n) is 2.62. The molecule has 4 nitrogen and oxygen atoms in total. The van der Waals surface area contributed by atoms with Crippen LogP contribution in [0.5, 0.6) is 5.88 Å². The molecule has 5 heteroatoms. The highest BCUT2D eigenvalue weighted by Gasteiger charge is 2.19. The molecule has 1 fully saturated rings. The third-order valence-corrected chi connectivity index (χ3v) is 3.05. The van der Waals surface area contributed by atoms with Gasteiger partial charge in [0.2, 0.25) is 11.8 Å². The predicted molar refractivity (Wildman–Crippen MR) is 64.3 cm³/mol. The van der Waals surface area contributed by atoms with Crippen LogP contribution in [0.15, 0.2) is 12.3 Å². The molecule has 0 saturated carbocycles. The Morgan fingerprint density at radius 3 is 2.94 bits per heavy atom. The maximum atomic E-state index is 6.06. The van der Waals surface area contributed by atoms with Gasteiger partial charge in [-0.25, -0.2) is 4.98 Å². The molecule has 0 radical (unpaired) electrons. The number of rotatable bonds is 3. The molecule has 0 spiro atoms. The summed E-state index contributed by atoms with van der Waals surface area (Å²) in [5.41, 5.74) is 0. The maximum Gasteiger partial charge on any atom is 0.228 e. The van der Waals surface area contributed by atoms with Gasteiger partial charge in [0.05, 0.1) is 6.61 Å². The topological polar surface area (TPSA) is 38.2 Å². The zero-order valence-corrected chi connectivity index (χ0v) is 10.2. The molecule has 0 unspecified atom stereocenters. The lowest BCUT2D eigenvalue weighted by Gasteiger charge is -2.29. The van der Waals surface area contributed by atoms with E-state index in [9.17, 15) is 0 Å². The number of ether oxygens (including phenoxy) is 1. The number of nitrogens with zero attached hydrogens (tertiary/aromatic N) is 3. The minimum Gasteiger partial charge on any atom is -0.478 e. The van der Waals surface area contributed by atoms with E-state index >= 15 is 0 Å². The molecule has 1 aliphatic heterocycles. The molecule has 0 aromatic carbocycles. The highest BCUT2D eigenvalue weighted by Crippen LogP contribution is 2.20. The fraction of sp³-hybridized carbons (Fsp3) is 0.636. The van der Waals surface area contributed by atoms with Gasteiger partial charge in [-0.15, -0.1) is 11.6 Å². The van der Waals surface area contributed by atoms with Gasteiger partial charge in [-0.3, -0.25) is 0 Å². The summed E-state index contributed by atoms with van der Waals surface area (Å²) in [4.78, 5) is 10.8. The van der Waals surface area contributed by atoms with Gasteiger partial charge in [0.15, 0.2) is 0 Å². The number of hydrogen-bond acceptors (Lipinski definition) is 4. The maximum absolute atomic E-state index is 6.06. The lowest BCUT2D eigenvalue weighted by atomic mass is 10.1. The molecule has 88 valence electrons. The lowest BCUT2D eigenvalue weighted by molar-refractivity contribution is 0.326. The van der Waals surface area contributed by atoms with Crippen LogP contribution in [-0.4, -0.2) is 35.0 Å². The van der Waals surface area contributed by atoms with Crippen molar-refractivity contribution in [2.24, 2.45) is 0 Å². The second-order valence-electron chi connectivity index (χ2n) is 3.79. The summed E-state index contributed by atoms with van der Waals surface area (Å²) in [5, 5.41) is 0.298. The fourth-order valence-electron chi connectivity index (χ4n) is 1.76. The third kappa shape index (κ3) is 2.76. The molecule has 1 aliphatic rings. The fourth-order valence-corrected chi connectivity index (χ4v) is 1.96. The molecule has 1 aromatic rings. The van der Waals surface area contributed by atoms with Crippen molar-refractivity contribution < 1.29 is 4.74 Å². The molecule has 16 heavy (non-hydrogen) atoms. The standard InChI is InChI=1S/C11H16ClN3O/c1-2-16-10-3-6-13-11(14-10)15-7-4-9(12)5-8-15/h3,6,9H,2,4-5,7-8H2,1H3. The lowest BCUT2D eigenvalue weighted by Crippen LogP contribution is -2.35. The monoisotopic (exact) mass is 241 g/mol. The van der Waals surface area contributed by atoms with E-state index in [0.717, 1.165) is 31.9 Å². The predicted octanol–water partition coefficient (Wildman–Crippen LogP) is 2.08. The first-order chi connectivity index (χ1) is 7.79. The zero-order valence-electron chi connectivity index (χ0n) is 9.40. The molecule has 2 heterocycles. The molecule has 0 aliphatic carbocycles. The average Bonchev–Trinajstić information content (AvgIpc) is 2.31. The number of halogens is 1. The van der Waals surface area contributed by atoms with Gasteiger partial charge in [0, 0.05) is 30.7 Å². The van der Waals surface area contributed by atoms with Crippen LogP contribution in [0.1, 0.15) is 19.8 Å². The largest absolute Gasteiger partial charge is 0.478 e. The number of piperidine rings is 1. The normalized spacial score (nSPS) is 17.5. The van der Waals surface area contributed by atoms with Crippen molar-refractivity contribution >= 4 is 17.5 Å². The zero-order chi connectivity index (χ0) is 11.4. The minimum absolute atomic E-state index is 0.298. The molecule has 0 N–H and O–H groups in total. The summed E-state index contributed by atoms with van der Waals surface area (Å²) >= 11 is 6.06. The summed E-state index contributed by atoms with van der Waals surface area (Å²) in [6.07, 6.45) is 3.72. The molecular formula is C11H16ClN3O. The van der Waals surface area contributed by atoms with E-state index in [2.05, 4.69) is 14.9 Å².